The van der Waals surface area contributed by atoms with Crippen molar-refractivity contribution in [2.75, 3.05) is 34.5 Å². The third-order valence-electron chi connectivity index (χ3n) is 6.51. The largest absolute Gasteiger partial charge is 0.493 e. The molecule has 39 heavy (non-hydrogen) atoms. The molecular formula is C28H37N5O6. The molecule has 11 heteroatoms. The van der Waals surface area contributed by atoms with Crippen molar-refractivity contribution < 1.29 is 28.5 Å². The van der Waals surface area contributed by atoms with Gasteiger partial charge >= 0.3 is 0 Å². The molecular weight excluding hydrogens is 502 g/mol. The Bertz CT molecular complexity index is 1290. The molecule has 0 bridgehead atoms. The number of rotatable bonds is 10. The van der Waals surface area contributed by atoms with Crippen molar-refractivity contribution in [3.63, 3.8) is 0 Å². The fourth-order valence-electron chi connectivity index (χ4n) is 4.78. The number of amides is 2. The number of carbonyl (C=O) groups is 2. The van der Waals surface area contributed by atoms with E-state index >= 15 is 0 Å². The number of ether oxygens (including phenoxy) is 4. The summed E-state index contributed by atoms with van der Waals surface area (Å²) in [5.41, 5.74) is 1.38. The average Bonchev–Trinajstić information content (AvgIpc) is 3.56. The molecule has 1 saturated heterocycles. The predicted octanol–water partition coefficient (Wildman–Crippen LogP) is 3.12. The lowest BCUT2D eigenvalue weighted by Crippen LogP contribution is -2.51. The summed E-state index contributed by atoms with van der Waals surface area (Å²) in [5, 5.41) is 11.4. The number of methoxy groups -OCH3 is 3. The lowest BCUT2D eigenvalue weighted by molar-refractivity contribution is -0.143. The minimum atomic E-state index is -1.01. The fraction of sp³-hybridized carbons (Fsp3) is 0.500. The van der Waals surface area contributed by atoms with E-state index in [0.717, 1.165) is 18.4 Å². The summed E-state index contributed by atoms with van der Waals surface area (Å²) < 4.78 is 24.1. The van der Waals surface area contributed by atoms with Crippen LogP contribution in [0.2, 0.25) is 0 Å². The van der Waals surface area contributed by atoms with Crippen molar-refractivity contribution >= 4 is 22.8 Å². The Kier molecular flexibility index (Phi) is 8.59. The molecule has 2 atom stereocenters. The van der Waals surface area contributed by atoms with Crippen LogP contribution in [0.15, 0.2) is 36.4 Å². The molecule has 2 unspecified atom stereocenters. The van der Waals surface area contributed by atoms with Gasteiger partial charge < -0.3 is 29.2 Å². The maximum Gasteiger partial charge on any atom is 0.247 e. The van der Waals surface area contributed by atoms with E-state index in [-0.39, 0.29) is 31.0 Å². The first-order valence-electron chi connectivity index (χ1n) is 13.0. The van der Waals surface area contributed by atoms with Crippen molar-refractivity contribution in [1.29, 1.82) is 0 Å². The summed E-state index contributed by atoms with van der Waals surface area (Å²) in [7, 11) is 4.53. The molecule has 1 aliphatic heterocycles. The lowest BCUT2D eigenvalue weighted by Gasteiger charge is -2.35. The summed E-state index contributed by atoms with van der Waals surface area (Å²) >= 11 is 0. The normalized spacial score (nSPS) is 16.1. The number of aromatic nitrogens is 3. The lowest BCUT2D eigenvalue weighted by atomic mass is 9.99. The third-order valence-corrected chi connectivity index (χ3v) is 6.51. The number of hydrogen-bond donors (Lipinski definition) is 1. The van der Waals surface area contributed by atoms with Gasteiger partial charge in [-0.2, -0.15) is 0 Å². The Morgan fingerprint density at radius 1 is 1.13 bits per heavy atom. The maximum absolute atomic E-state index is 14.1. The Morgan fingerprint density at radius 3 is 2.41 bits per heavy atom. The number of hydrogen-bond acceptors (Lipinski definition) is 8. The number of carbonyl (C=O) groups excluding carboxylic acids is 2. The van der Waals surface area contributed by atoms with Crippen LogP contribution < -0.4 is 19.5 Å². The number of benzene rings is 2. The van der Waals surface area contributed by atoms with E-state index in [0.29, 0.717) is 34.9 Å². The first-order chi connectivity index (χ1) is 18.6. The minimum Gasteiger partial charge on any atom is -0.493 e. The number of fused-ring (bicyclic) bond motifs is 1. The monoisotopic (exact) mass is 539 g/mol. The van der Waals surface area contributed by atoms with Crippen molar-refractivity contribution in [3.05, 3.63) is 42.0 Å². The van der Waals surface area contributed by atoms with Crippen LogP contribution >= 0.6 is 0 Å². The van der Waals surface area contributed by atoms with Crippen molar-refractivity contribution in [2.24, 2.45) is 0 Å². The molecule has 2 aromatic carbocycles. The molecule has 11 nitrogen and oxygen atoms in total. The van der Waals surface area contributed by atoms with Gasteiger partial charge in [-0.05, 0) is 63.4 Å². The number of para-hydroxylation sites is 1. The molecule has 2 amide bonds. The Hall–Kier alpha value is -3.86. The van der Waals surface area contributed by atoms with E-state index < -0.39 is 11.6 Å². The highest BCUT2D eigenvalue weighted by molar-refractivity contribution is 5.90. The van der Waals surface area contributed by atoms with Crippen LogP contribution in [0.5, 0.6) is 17.2 Å². The second kappa shape index (κ2) is 11.9. The Balaban J connectivity index is 1.81. The first kappa shape index (κ1) is 28.2. The van der Waals surface area contributed by atoms with Crippen LogP contribution in [-0.4, -0.2) is 77.8 Å². The van der Waals surface area contributed by atoms with Crippen LogP contribution in [0.4, 0.5) is 0 Å². The van der Waals surface area contributed by atoms with Gasteiger partial charge in [0, 0.05) is 18.7 Å². The molecule has 210 valence electrons. The van der Waals surface area contributed by atoms with Crippen LogP contribution in [-0.2, 0) is 20.9 Å². The van der Waals surface area contributed by atoms with E-state index in [1.54, 1.807) is 21.7 Å². The molecule has 3 aromatic rings. The van der Waals surface area contributed by atoms with Crippen LogP contribution in [0, 0.1) is 0 Å². The van der Waals surface area contributed by atoms with Gasteiger partial charge in [0.1, 0.15) is 18.1 Å². The first-order valence-corrected chi connectivity index (χ1v) is 13.0. The summed E-state index contributed by atoms with van der Waals surface area (Å²) in [6, 6.07) is 9.82. The van der Waals surface area contributed by atoms with E-state index in [1.165, 1.54) is 21.3 Å². The van der Waals surface area contributed by atoms with Crippen molar-refractivity contribution in [3.8, 4) is 17.2 Å². The zero-order valence-corrected chi connectivity index (χ0v) is 23.4. The van der Waals surface area contributed by atoms with Gasteiger partial charge in [-0.25, -0.2) is 4.68 Å². The number of nitrogens with one attached hydrogen (secondary N) is 1. The molecule has 0 saturated carbocycles. The van der Waals surface area contributed by atoms with Crippen LogP contribution in [0.1, 0.15) is 45.2 Å². The maximum atomic E-state index is 14.1. The van der Waals surface area contributed by atoms with Crippen LogP contribution in [0.3, 0.4) is 0 Å². The van der Waals surface area contributed by atoms with Gasteiger partial charge in [-0.1, -0.05) is 17.3 Å². The summed E-state index contributed by atoms with van der Waals surface area (Å²) in [6.07, 6.45) is 1.48. The summed E-state index contributed by atoms with van der Waals surface area (Å²) in [5.74, 6) is 0.514. The van der Waals surface area contributed by atoms with E-state index in [1.807, 2.05) is 45.0 Å². The van der Waals surface area contributed by atoms with Crippen LogP contribution in [0.25, 0.3) is 11.0 Å². The third kappa shape index (κ3) is 6.42. The highest BCUT2D eigenvalue weighted by Crippen LogP contribution is 2.41. The molecule has 1 aliphatic rings. The molecule has 0 radical (unpaired) electrons. The molecule has 1 aromatic heterocycles. The highest BCUT2D eigenvalue weighted by Gasteiger charge is 2.37. The van der Waals surface area contributed by atoms with E-state index in [4.69, 9.17) is 18.9 Å². The standard InChI is InChI=1S/C28H37N5O6/c1-28(2,3)29-27(35)25(18-14-22(36-4)26(38-6)23(15-18)37-5)32(16-19-10-9-13-39-19)24(34)17-33-21-12-8-7-11-20(21)30-31-33/h7-8,11-12,14-15,19,25H,9-10,13,16-17H2,1-6H3,(H,29,35). The SMILES string of the molecule is COc1cc(C(C(=O)NC(C)(C)C)N(CC2CCCO2)C(=O)Cn2nnc3ccccc32)cc(OC)c1OC. The van der Waals surface area contributed by atoms with Gasteiger partial charge in [0.25, 0.3) is 0 Å². The quantitative estimate of drug-likeness (QED) is 0.418. The van der Waals surface area contributed by atoms with Gasteiger partial charge in [0.05, 0.1) is 33.0 Å². The Morgan fingerprint density at radius 2 is 1.82 bits per heavy atom. The Labute approximate surface area is 228 Å². The smallest absolute Gasteiger partial charge is 0.247 e. The zero-order chi connectivity index (χ0) is 28.2. The summed E-state index contributed by atoms with van der Waals surface area (Å²) in [4.78, 5) is 29.6. The van der Waals surface area contributed by atoms with Gasteiger partial charge in [0.2, 0.25) is 17.6 Å². The van der Waals surface area contributed by atoms with E-state index in [2.05, 4.69) is 15.6 Å². The topological polar surface area (TPSA) is 117 Å². The minimum absolute atomic E-state index is 0.100. The average molecular weight is 540 g/mol. The predicted molar refractivity (Wildman–Crippen MR) is 145 cm³/mol. The van der Waals surface area contributed by atoms with E-state index in [9.17, 15) is 9.59 Å². The van der Waals surface area contributed by atoms with Gasteiger partial charge in [-0.3, -0.25) is 9.59 Å². The van der Waals surface area contributed by atoms with Crippen molar-refractivity contribution in [2.45, 2.75) is 57.8 Å². The fourth-order valence-corrected chi connectivity index (χ4v) is 4.78. The van der Waals surface area contributed by atoms with Crippen molar-refractivity contribution in [1.82, 2.24) is 25.2 Å². The molecule has 0 spiro atoms. The molecule has 1 fully saturated rings. The second-order valence-electron chi connectivity index (χ2n) is 10.5. The van der Waals surface area contributed by atoms with Gasteiger partial charge in [0.15, 0.2) is 11.5 Å². The molecule has 4 rings (SSSR count). The highest BCUT2D eigenvalue weighted by atomic mass is 16.5. The summed E-state index contributed by atoms with van der Waals surface area (Å²) in [6.45, 7) is 6.42. The molecule has 2 heterocycles. The number of nitrogens with zero attached hydrogens (tertiary/aromatic N) is 4. The molecule has 0 aliphatic carbocycles. The molecule has 1 N–H and O–H groups in total. The second-order valence-corrected chi connectivity index (χ2v) is 10.5. The zero-order valence-electron chi connectivity index (χ0n) is 23.4. The van der Waals surface area contributed by atoms with Gasteiger partial charge in [-0.15, -0.1) is 5.10 Å².